The van der Waals surface area contributed by atoms with Gasteiger partial charge in [-0.15, -0.1) is 0 Å². The fraction of sp³-hybridized carbons (Fsp3) is 0.500. The Balaban J connectivity index is 2.47. The Hall–Kier alpha value is -1.60. The van der Waals surface area contributed by atoms with Crippen LogP contribution >= 0.6 is 0 Å². The Morgan fingerprint density at radius 1 is 1.38 bits per heavy atom. The number of rotatable bonds is 4. The van der Waals surface area contributed by atoms with Crippen LogP contribution in [0.3, 0.4) is 0 Å². The lowest BCUT2D eigenvalue weighted by Gasteiger charge is -2.31. The van der Waals surface area contributed by atoms with Gasteiger partial charge in [0, 0.05) is 6.42 Å². The molecule has 0 bridgehead atoms. The molecule has 1 saturated heterocycles. The number of carbonyl (C=O) groups is 1. The molecule has 6 nitrogen and oxygen atoms in total. The van der Waals surface area contributed by atoms with E-state index in [9.17, 15) is 18.3 Å². The average Bonchev–Trinajstić information content (AvgIpc) is 2.72. The highest BCUT2D eigenvalue weighted by Crippen LogP contribution is 2.32. The number of hydrogen-bond donors (Lipinski definition) is 1. The maximum Gasteiger partial charge on any atom is 0.227 e. The maximum absolute atomic E-state index is 12.3. The lowest BCUT2D eigenvalue weighted by atomic mass is 10.1. The number of anilines is 1. The van der Waals surface area contributed by atoms with E-state index >= 15 is 0 Å². The van der Waals surface area contributed by atoms with Crippen molar-refractivity contribution in [3.63, 3.8) is 0 Å². The van der Waals surface area contributed by atoms with Crippen molar-refractivity contribution in [2.45, 2.75) is 25.5 Å². The zero-order chi connectivity index (χ0) is 15.6. The predicted octanol–water partition coefficient (Wildman–Crippen LogP) is 0.596. The van der Waals surface area contributed by atoms with Crippen LogP contribution in [0.5, 0.6) is 5.75 Å². The van der Waals surface area contributed by atoms with Gasteiger partial charge in [-0.25, -0.2) is 8.42 Å². The number of nitrogens with zero attached hydrogens (tertiary/aromatic N) is 1. The number of amides is 1. The maximum atomic E-state index is 12.3. The van der Waals surface area contributed by atoms with E-state index in [0.717, 1.165) is 0 Å². The van der Waals surface area contributed by atoms with Gasteiger partial charge >= 0.3 is 0 Å². The summed E-state index contributed by atoms with van der Waals surface area (Å²) in [6.07, 6.45) is -0.878. The molecular weight excluding hydrogens is 294 g/mol. The molecule has 0 aliphatic carbocycles. The normalized spacial score (nSPS) is 23.8. The summed E-state index contributed by atoms with van der Waals surface area (Å²) in [6.45, 7) is 1.70. The third kappa shape index (κ3) is 3.19. The van der Waals surface area contributed by atoms with Crippen molar-refractivity contribution >= 4 is 21.4 Å². The summed E-state index contributed by atoms with van der Waals surface area (Å²) in [6, 6.07) is 6.10. The van der Waals surface area contributed by atoms with Gasteiger partial charge in [-0.2, -0.15) is 0 Å². The van der Waals surface area contributed by atoms with Crippen molar-refractivity contribution in [2.75, 3.05) is 23.5 Å². The molecule has 1 N–H and O–H groups in total. The molecule has 0 aromatic heterocycles. The minimum Gasteiger partial charge on any atom is -0.495 e. The molecule has 0 spiro atoms. The highest BCUT2D eigenvalue weighted by Gasteiger charge is 2.42. The van der Waals surface area contributed by atoms with Gasteiger partial charge in [-0.1, -0.05) is 19.1 Å². The molecule has 1 heterocycles. The number of benzene rings is 1. The Morgan fingerprint density at radius 3 is 2.57 bits per heavy atom. The van der Waals surface area contributed by atoms with Crippen molar-refractivity contribution in [2.24, 2.45) is 0 Å². The summed E-state index contributed by atoms with van der Waals surface area (Å²) in [5.74, 6) is -0.338. The lowest BCUT2D eigenvalue weighted by molar-refractivity contribution is -0.119. The first kappa shape index (κ1) is 15.8. The topological polar surface area (TPSA) is 83.9 Å². The highest BCUT2D eigenvalue weighted by atomic mass is 32.2. The molecule has 1 fully saturated rings. The molecule has 1 amide bonds. The van der Waals surface area contributed by atoms with E-state index in [-0.39, 0.29) is 23.8 Å². The van der Waals surface area contributed by atoms with E-state index < -0.39 is 22.0 Å². The smallest absolute Gasteiger partial charge is 0.227 e. The number of ether oxygens (including phenoxy) is 1. The predicted molar refractivity (Wildman–Crippen MR) is 79.2 cm³/mol. The molecule has 1 aliphatic heterocycles. The van der Waals surface area contributed by atoms with Crippen LogP contribution in [-0.4, -0.2) is 50.2 Å². The summed E-state index contributed by atoms with van der Waals surface area (Å²) in [4.78, 5) is 13.6. The molecule has 2 atom stereocenters. The summed E-state index contributed by atoms with van der Waals surface area (Å²) in [5.41, 5.74) is 0.480. The second-order valence-corrected chi connectivity index (χ2v) is 7.15. The number of sulfone groups is 1. The molecule has 2 unspecified atom stereocenters. The second-order valence-electron chi connectivity index (χ2n) is 5.00. The monoisotopic (exact) mass is 313 g/mol. The molecule has 0 radical (unpaired) electrons. The standard InChI is InChI=1S/C14H19NO5S/c1-3-14(17)15(10-6-4-5-7-13(10)20-2)11-8-21(18,19)9-12(11)16/h4-7,11-12,16H,3,8-9H2,1-2H3. The highest BCUT2D eigenvalue weighted by molar-refractivity contribution is 7.91. The van der Waals surface area contributed by atoms with Crippen molar-refractivity contribution in [3.05, 3.63) is 24.3 Å². The Morgan fingerprint density at radius 2 is 2.05 bits per heavy atom. The van der Waals surface area contributed by atoms with Crippen molar-refractivity contribution in [3.8, 4) is 5.75 Å². The molecule has 7 heteroatoms. The van der Waals surface area contributed by atoms with Crippen LogP contribution in [0.15, 0.2) is 24.3 Å². The molecule has 116 valence electrons. The summed E-state index contributed by atoms with van der Waals surface area (Å²) < 4.78 is 28.7. The minimum atomic E-state index is -3.34. The summed E-state index contributed by atoms with van der Waals surface area (Å²) in [7, 11) is -1.86. The molecule has 2 rings (SSSR count). The van der Waals surface area contributed by atoms with Crippen molar-refractivity contribution in [1.82, 2.24) is 0 Å². The van der Waals surface area contributed by atoms with Gasteiger partial charge < -0.3 is 14.7 Å². The van der Waals surface area contributed by atoms with E-state index in [1.807, 2.05) is 0 Å². The van der Waals surface area contributed by atoms with Crippen molar-refractivity contribution in [1.29, 1.82) is 0 Å². The molecular formula is C14H19NO5S. The molecule has 1 aromatic rings. The number of hydrogen-bond acceptors (Lipinski definition) is 5. The van der Waals surface area contributed by atoms with Crippen LogP contribution in [0.1, 0.15) is 13.3 Å². The first-order valence-electron chi connectivity index (χ1n) is 6.73. The van der Waals surface area contributed by atoms with Crippen LogP contribution in [0.2, 0.25) is 0 Å². The first-order valence-corrected chi connectivity index (χ1v) is 8.55. The third-order valence-corrected chi connectivity index (χ3v) is 5.24. The van der Waals surface area contributed by atoms with Gasteiger partial charge in [0.05, 0.1) is 36.4 Å². The summed E-state index contributed by atoms with van der Waals surface area (Å²) in [5, 5.41) is 10.1. The van der Waals surface area contributed by atoms with Crippen LogP contribution in [0.4, 0.5) is 5.69 Å². The van der Waals surface area contributed by atoms with E-state index in [2.05, 4.69) is 0 Å². The quantitative estimate of drug-likeness (QED) is 0.880. The average molecular weight is 313 g/mol. The lowest BCUT2D eigenvalue weighted by Crippen LogP contribution is -2.47. The van der Waals surface area contributed by atoms with Crippen LogP contribution in [-0.2, 0) is 14.6 Å². The number of aliphatic hydroxyl groups is 1. The fourth-order valence-corrected chi connectivity index (χ4v) is 4.32. The van der Waals surface area contributed by atoms with Crippen molar-refractivity contribution < 1.29 is 23.1 Å². The van der Waals surface area contributed by atoms with Crippen LogP contribution in [0.25, 0.3) is 0 Å². The van der Waals surface area contributed by atoms with Gasteiger partial charge in [0.2, 0.25) is 5.91 Å². The van der Waals surface area contributed by atoms with Gasteiger partial charge in [-0.05, 0) is 12.1 Å². The number of aliphatic hydroxyl groups excluding tert-OH is 1. The van der Waals surface area contributed by atoms with E-state index in [4.69, 9.17) is 4.74 Å². The largest absolute Gasteiger partial charge is 0.495 e. The van der Waals surface area contributed by atoms with Crippen LogP contribution < -0.4 is 9.64 Å². The van der Waals surface area contributed by atoms with E-state index in [1.165, 1.54) is 12.0 Å². The zero-order valence-corrected chi connectivity index (χ0v) is 12.8. The number of carbonyl (C=O) groups excluding carboxylic acids is 1. The Labute approximate surface area is 124 Å². The van der Waals surface area contributed by atoms with Gasteiger partial charge in [0.25, 0.3) is 0 Å². The first-order chi connectivity index (χ1) is 9.89. The minimum absolute atomic E-state index is 0.210. The summed E-state index contributed by atoms with van der Waals surface area (Å²) >= 11 is 0. The molecule has 1 aliphatic rings. The van der Waals surface area contributed by atoms with Gasteiger partial charge in [-0.3, -0.25) is 4.79 Å². The number of para-hydroxylation sites is 2. The SMILES string of the molecule is CCC(=O)N(c1ccccc1OC)C1CS(=O)(=O)CC1O. The van der Waals surface area contributed by atoms with Gasteiger partial charge in [0.1, 0.15) is 5.75 Å². The van der Waals surface area contributed by atoms with Gasteiger partial charge in [0.15, 0.2) is 9.84 Å². The molecule has 0 saturated carbocycles. The number of methoxy groups -OCH3 is 1. The Kier molecular flexibility index (Phi) is 4.53. The molecule has 1 aromatic carbocycles. The van der Waals surface area contributed by atoms with E-state index in [0.29, 0.717) is 11.4 Å². The van der Waals surface area contributed by atoms with Crippen LogP contribution in [0, 0.1) is 0 Å². The third-order valence-electron chi connectivity index (χ3n) is 3.54. The fourth-order valence-electron chi connectivity index (χ4n) is 2.55. The Bertz CT molecular complexity index is 628. The van der Waals surface area contributed by atoms with E-state index in [1.54, 1.807) is 31.2 Å². The second kappa shape index (κ2) is 6.03. The zero-order valence-electron chi connectivity index (χ0n) is 12.0. The molecule has 21 heavy (non-hydrogen) atoms.